The van der Waals surface area contributed by atoms with Crippen LogP contribution >= 0.6 is 11.3 Å². The van der Waals surface area contributed by atoms with Crippen molar-refractivity contribution in [3.8, 4) is 22.6 Å². The number of benzene rings is 2. The number of nitrogens with zero attached hydrogens (tertiary/aromatic N) is 3. The molecule has 0 unspecified atom stereocenters. The molecule has 182 valence electrons. The molecule has 0 spiro atoms. The molecule has 0 aliphatic carbocycles. The van der Waals surface area contributed by atoms with E-state index >= 15 is 0 Å². The Morgan fingerprint density at radius 2 is 1.83 bits per heavy atom. The minimum atomic E-state index is -0.0941. The van der Waals surface area contributed by atoms with Crippen LogP contribution in [0.3, 0.4) is 0 Å². The van der Waals surface area contributed by atoms with E-state index in [1.807, 2.05) is 79.0 Å². The van der Waals surface area contributed by atoms with Crippen molar-refractivity contribution in [2.45, 2.75) is 20.8 Å². The van der Waals surface area contributed by atoms with Crippen LogP contribution in [0.5, 0.6) is 11.5 Å². The van der Waals surface area contributed by atoms with Crippen molar-refractivity contribution in [3.63, 3.8) is 0 Å². The molecule has 0 atom stereocenters. The summed E-state index contributed by atoms with van der Waals surface area (Å²) in [6.07, 6.45) is 5.58. The van der Waals surface area contributed by atoms with E-state index in [1.165, 1.54) is 11.3 Å². The number of thiazole rings is 1. The van der Waals surface area contributed by atoms with Gasteiger partial charge in [-0.3, -0.25) is 9.20 Å². The van der Waals surface area contributed by atoms with Crippen molar-refractivity contribution < 1.29 is 9.47 Å². The maximum absolute atomic E-state index is 13.5. The van der Waals surface area contributed by atoms with Crippen molar-refractivity contribution in [2.75, 3.05) is 32.7 Å². The van der Waals surface area contributed by atoms with E-state index in [2.05, 4.69) is 20.8 Å². The molecule has 0 fully saturated rings. The van der Waals surface area contributed by atoms with Crippen LogP contribution in [0.15, 0.2) is 58.8 Å². The lowest BCUT2D eigenvalue weighted by Crippen LogP contribution is -2.17. The van der Waals surface area contributed by atoms with E-state index in [0.29, 0.717) is 34.3 Å². The molecule has 0 aliphatic heterocycles. The number of fused-ring (bicyclic) bond motifs is 1. The zero-order valence-corrected chi connectivity index (χ0v) is 21.8. The summed E-state index contributed by atoms with van der Waals surface area (Å²) >= 11 is 1.43. The molecule has 0 N–H and O–H groups in total. The quantitative estimate of drug-likeness (QED) is 0.314. The fourth-order valence-electron chi connectivity index (χ4n) is 3.65. The van der Waals surface area contributed by atoms with Crippen LogP contribution < -0.4 is 19.9 Å². The van der Waals surface area contributed by atoms with Crippen molar-refractivity contribution >= 4 is 34.1 Å². The summed E-state index contributed by atoms with van der Waals surface area (Å²) in [5.74, 6) is 1.34. The van der Waals surface area contributed by atoms with E-state index in [-0.39, 0.29) is 11.0 Å². The van der Waals surface area contributed by atoms with Crippen LogP contribution in [0.2, 0.25) is 0 Å². The predicted octanol–water partition coefficient (Wildman–Crippen LogP) is 6.09. The molecule has 7 heteroatoms. The van der Waals surface area contributed by atoms with Crippen LogP contribution in [-0.2, 0) is 0 Å². The summed E-state index contributed by atoms with van der Waals surface area (Å²) in [4.78, 5) is 21.0. The van der Waals surface area contributed by atoms with E-state index in [0.717, 1.165) is 16.8 Å². The fraction of sp³-hybridized carbons (Fsp3) is 0.286. The molecule has 0 bridgehead atoms. The maximum atomic E-state index is 13.5. The molecule has 2 heterocycles. The monoisotopic (exact) mass is 489 g/mol. The molecular weight excluding hydrogens is 458 g/mol. The van der Waals surface area contributed by atoms with Gasteiger partial charge in [-0.25, -0.2) is 4.98 Å². The first-order valence-corrected chi connectivity index (χ1v) is 12.3. The highest BCUT2D eigenvalue weighted by molar-refractivity contribution is 7.15. The molecule has 0 saturated carbocycles. The lowest BCUT2D eigenvalue weighted by Gasteiger charge is -2.21. The van der Waals surface area contributed by atoms with Gasteiger partial charge in [0.25, 0.3) is 5.56 Å². The van der Waals surface area contributed by atoms with Gasteiger partial charge in [-0.15, -0.1) is 11.3 Å². The number of anilines is 1. The maximum Gasteiger partial charge on any atom is 0.266 e. The highest BCUT2D eigenvalue weighted by Gasteiger charge is 2.17. The summed E-state index contributed by atoms with van der Waals surface area (Å²) in [5, 5.41) is 1.87. The number of hydrogen-bond acceptors (Lipinski definition) is 6. The highest BCUT2D eigenvalue weighted by Crippen LogP contribution is 2.34. The van der Waals surface area contributed by atoms with Crippen LogP contribution in [0, 0.1) is 5.41 Å². The SMILES string of the molecule is COc1cccc(C=Cc2nc3sccn3c(=O)c2-c2ccc(N(C)C)cc2)c1OCC(C)(C)C. The van der Waals surface area contributed by atoms with E-state index in [9.17, 15) is 4.79 Å². The Balaban J connectivity index is 1.82. The van der Waals surface area contributed by atoms with Gasteiger partial charge in [0.1, 0.15) is 0 Å². The van der Waals surface area contributed by atoms with Crippen molar-refractivity contribution in [1.82, 2.24) is 9.38 Å². The Morgan fingerprint density at radius 3 is 2.49 bits per heavy atom. The van der Waals surface area contributed by atoms with Crippen LogP contribution in [0.4, 0.5) is 5.69 Å². The summed E-state index contributed by atoms with van der Waals surface area (Å²) in [6, 6.07) is 13.7. The van der Waals surface area contributed by atoms with Gasteiger partial charge >= 0.3 is 0 Å². The standard InChI is InChI=1S/C28H31N3O3S/c1-28(2,3)18-34-25-20(8-7-9-23(25)33-6)12-15-22-24(19-10-13-21(14-11-19)30(4)5)26(32)31-16-17-35-27(31)29-22/h7-17H,18H2,1-6H3. The van der Waals surface area contributed by atoms with E-state index in [4.69, 9.17) is 14.5 Å². The molecule has 0 radical (unpaired) electrons. The second-order valence-electron chi connectivity index (χ2n) is 9.74. The molecule has 4 aromatic rings. The lowest BCUT2D eigenvalue weighted by molar-refractivity contribution is 0.191. The molecular formula is C28H31N3O3S. The second-order valence-corrected chi connectivity index (χ2v) is 10.6. The lowest BCUT2D eigenvalue weighted by atomic mass is 9.98. The second kappa shape index (κ2) is 9.96. The first-order chi connectivity index (χ1) is 16.7. The Bertz CT molecular complexity index is 1410. The van der Waals surface area contributed by atoms with Gasteiger partial charge in [-0.2, -0.15) is 0 Å². The summed E-state index contributed by atoms with van der Waals surface area (Å²) in [5.41, 5.74) is 3.81. The smallest absolute Gasteiger partial charge is 0.266 e. The van der Waals surface area contributed by atoms with E-state index in [1.54, 1.807) is 17.7 Å². The molecule has 4 rings (SSSR count). The minimum absolute atomic E-state index is 0.00578. The number of rotatable bonds is 7. The van der Waals surface area contributed by atoms with Gasteiger partial charge in [0.15, 0.2) is 16.5 Å². The molecule has 2 aromatic carbocycles. The van der Waals surface area contributed by atoms with Crippen LogP contribution in [0.25, 0.3) is 28.2 Å². The number of ether oxygens (including phenoxy) is 2. The number of aromatic nitrogens is 2. The molecule has 0 saturated heterocycles. The third-order valence-electron chi connectivity index (χ3n) is 5.47. The Hall–Kier alpha value is -3.58. The predicted molar refractivity (Wildman–Crippen MR) is 146 cm³/mol. The van der Waals surface area contributed by atoms with Crippen LogP contribution in [0.1, 0.15) is 32.0 Å². The minimum Gasteiger partial charge on any atom is -0.493 e. The topological polar surface area (TPSA) is 56.1 Å². The van der Waals surface area contributed by atoms with Gasteiger partial charge in [-0.1, -0.05) is 45.0 Å². The molecule has 2 aromatic heterocycles. The van der Waals surface area contributed by atoms with Gasteiger partial charge in [0.2, 0.25) is 0 Å². The Morgan fingerprint density at radius 1 is 1.09 bits per heavy atom. The average molecular weight is 490 g/mol. The third-order valence-corrected chi connectivity index (χ3v) is 6.22. The molecule has 0 amide bonds. The Labute approximate surface area is 210 Å². The number of hydrogen-bond donors (Lipinski definition) is 0. The molecule has 6 nitrogen and oxygen atoms in total. The van der Waals surface area contributed by atoms with Gasteiger partial charge in [0, 0.05) is 36.9 Å². The summed E-state index contributed by atoms with van der Waals surface area (Å²) in [6.45, 7) is 6.91. The highest BCUT2D eigenvalue weighted by atomic mass is 32.1. The zero-order chi connectivity index (χ0) is 25.2. The first-order valence-electron chi connectivity index (χ1n) is 11.4. The van der Waals surface area contributed by atoms with Crippen molar-refractivity contribution in [2.24, 2.45) is 5.41 Å². The van der Waals surface area contributed by atoms with Gasteiger partial charge in [-0.05, 0) is 41.3 Å². The molecule has 0 aliphatic rings. The van der Waals surface area contributed by atoms with E-state index < -0.39 is 0 Å². The zero-order valence-electron chi connectivity index (χ0n) is 21.0. The Kier molecular flexibility index (Phi) is 6.98. The van der Waals surface area contributed by atoms with Crippen molar-refractivity contribution in [3.05, 3.63) is 75.7 Å². The summed E-state index contributed by atoms with van der Waals surface area (Å²) < 4.78 is 13.3. The normalized spacial score (nSPS) is 11.8. The van der Waals surface area contributed by atoms with Crippen molar-refractivity contribution in [1.29, 1.82) is 0 Å². The molecule has 35 heavy (non-hydrogen) atoms. The van der Waals surface area contributed by atoms with Gasteiger partial charge < -0.3 is 14.4 Å². The number of methoxy groups -OCH3 is 1. The third kappa shape index (κ3) is 5.41. The largest absolute Gasteiger partial charge is 0.493 e. The van der Waals surface area contributed by atoms with Crippen LogP contribution in [-0.4, -0.2) is 37.2 Å². The average Bonchev–Trinajstić information content (AvgIpc) is 3.30. The summed E-state index contributed by atoms with van der Waals surface area (Å²) in [7, 11) is 5.62. The number of para-hydroxylation sites is 1. The first kappa shape index (κ1) is 24.5. The fourth-order valence-corrected chi connectivity index (χ4v) is 4.36. The van der Waals surface area contributed by atoms with Gasteiger partial charge in [0.05, 0.1) is 25.0 Å².